The zero-order valence-electron chi connectivity index (χ0n) is 10.3. The van der Waals surface area contributed by atoms with Gasteiger partial charge in [0.15, 0.2) is 0 Å². The van der Waals surface area contributed by atoms with Crippen LogP contribution in [0.2, 0.25) is 0 Å². The predicted molar refractivity (Wildman–Crippen MR) is 68.4 cm³/mol. The van der Waals surface area contributed by atoms with Crippen LogP contribution in [0.1, 0.15) is 12.8 Å². The summed E-state index contributed by atoms with van der Waals surface area (Å²) in [6.45, 7) is 0. The normalized spacial score (nSPS) is 21.8. The van der Waals surface area contributed by atoms with E-state index in [4.69, 9.17) is 10.5 Å². The number of aliphatic carboxylic acids is 1. The lowest BCUT2D eigenvalue weighted by molar-refractivity contribution is -0.147. The number of carbonyl (C=O) groups is 2. The molecular formula is C11H15N3O3S. The van der Waals surface area contributed by atoms with E-state index in [0.717, 1.165) is 0 Å². The van der Waals surface area contributed by atoms with Crippen molar-refractivity contribution in [1.29, 1.82) is 5.41 Å². The maximum atomic E-state index is 11.4. The molecule has 1 saturated heterocycles. The summed E-state index contributed by atoms with van der Waals surface area (Å²) in [6, 6.07) is 0.0274. The number of nitrogens with zero attached hydrogens (tertiary/aromatic N) is 2. The van der Waals surface area contributed by atoms with Gasteiger partial charge in [-0.05, 0) is 0 Å². The first-order valence-electron chi connectivity index (χ1n) is 5.58. The first kappa shape index (κ1) is 12.9. The third-order valence-electron chi connectivity index (χ3n) is 3.10. The van der Waals surface area contributed by atoms with Crippen molar-refractivity contribution in [3.63, 3.8) is 0 Å². The van der Waals surface area contributed by atoms with Gasteiger partial charge in [-0.25, -0.2) is 4.79 Å². The smallest absolute Gasteiger partial charge is 0.353 e. The SMILES string of the molecule is CN(C)C(=N)CSC1=C(C(=O)O)N2C(=O)C[C@H]2C1. The van der Waals surface area contributed by atoms with E-state index in [1.54, 1.807) is 19.0 Å². The van der Waals surface area contributed by atoms with Gasteiger partial charge in [0.1, 0.15) is 11.5 Å². The Morgan fingerprint density at radius 1 is 1.56 bits per heavy atom. The van der Waals surface area contributed by atoms with Crippen molar-refractivity contribution in [3.8, 4) is 0 Å². The molecule has 0 aromatic carbocycles. The van der Waals surface area contributed by atoms with Gasteiger partial charge in [-0.1, -0.05) is 0 Å². The number of hydrogen-bond donors (Lipinski definition) is 2. The Kier molecular flexibility index (Phi) is 3.34. The number of nitrogens with one attached hydrogen (secondary N) is 1. The average molecular weight is 269 g/mol. The zero-order valence-corrected chi connectivity index (χ0v) is 11.1. The minimum atomic E-state index is -1.05. The van der Waals surface area contributed by atoms with Crippen LogP contribution in [0.4, 0.5) is 0 Å². The number of amides is 1. The highest BCUT2D eigenvalue weighted by Crippen LogP contribution is 2.42. The number of carboxylic acids is 1. The molecule has 0 spiro atoms. The van der Waals surface area contributed by atoms with Crippen LogP contribution in [0, 0.1) is 5.41 Å². The van der Waals surface area contributed by atoms with Gasteiger partial charge in [0.25, 0.3) is 0 Å². The van der Waals surface area contributed by atoms with Gasteiger partial charge in [0.2, 0.25) is 5.91 Å². The van der Waals surface area contributed by atoms with Crippen molar-refractivity contribution in [1.82, 2.24) is 9.80 Å². The lowest BCUT2D eigenvalue weighted by atomic mass is 10.0. The van der Waals surface area contributed by atoms with E-state index in [2.05, 4.69) is 0 Å². The molecule has 0 aliphatic carbocycles. The van der Waals surface area contributed by atoms with Crippen molar-refractivity contribution >= 4 is 29.5 Å². The lowest BCUT2D eigenvalue weighted by Crippen LogP contribution is -2.49. The van der Waals surface area contributed by atoms with E-state index in [1.807, 2.05) is 0 Å². The Morgan fingerprint density at radius 3 is 2.72 bits per heavy atom. The molecule has 0 radical (unpaired) electrons. The number of β-lactam (4-membered cyclic amide) rings is 1. The van der Waals surface area contributed by atoms with Crippen molar-refractivity contribution < 1.29 is 14.7 Å². The first-order chi connectivity index (χ1) is 8.41. The Morgan fingerprint density at radius 2 is 2.22 bits per heavy atom. The molecule has 98 valence electrons. The van der Waals surface area contributed by atoms with E-state index in [9.17, 15) is 9.59 Å². The summed E-state index contributed by atoms with van der Waals surface area (Å²) < 4.78 is 0. The predicted octanol–water partition coefficient (Wildman–Crippen LogP) is 0.559. The highest BCUT2D eigenvalue weighted by Gasteiger charge is 2.47. The van der Waals surface area contributed by atoms with Crippen LogP contribution in [-0.4, -0.2) is 58.5 Å². The van der Waals surface area contributed by atoms with Crippen molar-refractivity contribution in [2.24, 2.45) is 0 Å². The number of thioether (sulfide) groups is 1. The molecule has 0 unspecified atom stereocenters. The Hall–Kier alpha value is -1.50. The van der Waals surface area contributed by atoms with Crippen molar-refractivity contribution in [3.05, 3.63) is 10.6 Å². The summed E-state index contributed by atoms with van der Waals surface area (Å²) in [5.74, 6) is -0.314. The molecule has 1 amide bonds. The van der Waals surface area contributed by atoms with Crippen LogP contribution in [-0.2, 0) is 9.59 Å². The van der Waals surface area contributed by atoms with Gasteiger partial charge in [0, 0.05) is 31.8 Å². The molecule has 18 heavy (non-hydrogen) atoms. The monoisotopic (exact) mass is 269 g/mol. The number of fused-ring (bicyclic) bond motifs is 1. The van der Waals surface area contributed by atoms with Crippen LogP contribution in [0.25, 0.3) is 0 Å². The minimum absolute atomic E-state index is 0.0274. The van der Waals surface area contributed by atoms with Gasteiger partial charge in [-0.2, -0.15) is 0 Å². The molecule has 0 aromatic heterocycles. The molecule has 0 aromatic rings. The summed E-state index contributed by atoms with van der Waals surface area (Å²) in [4.78, 5) is 26.4. The zero-order chi connectivity index (χ0) is 13.4. The molecule has 2 rings (SSSR count). The Balaban J connectivity index is 2.10. The summed E-state index contributed by atoms with van der Waals surface area (Å²) >= 11 is 1.35. The fourth-order valence-corrected chi connectivity index (χ4v) is 3.23. The molecule has 7 heteroatoms. The van der Waals surface area contributed by atoms with E-state index in [-0.39, 0.29) is 17.6 Å². The van der Waals surface area contributed by atoms with E-state index in [1.165, 1.54) is 16.7 Å². The molecule has 0 bridgehead atoms. The number of carbonyl (C=O) groups excluding carboxylic acids is 1. The summed E-state index contributed by atoms with van der Waals surface area (Å²) in [5, 5.41) is 16.9. The molecule has 1 fully saturated rings. The highest BCUT2D eigenvalue weighted by atomic mass is 32.2. The van der Waals surface area contributed by atoms with Crippen LogP contribution in [0.5, 0.6) is 0 Å². The second kappa shape index (κ2) is 4.64. The number of rotatable bonds is 4. The fourth-order valence-electron chi connectivity index (χ4n) is 2.03. The average Bonchev–Trinajstić information content (AvgIpc) is 2.58. The van der Waals surface area contributed by atoms with Crippen LogP contribution in [0.15, 0.2) is 10.6 Å². The Bertz CT molecular complexity index is 458. The topological polar surface area (TPSA) is 84.7 Å². The van der Waals surface area contributed by atoms with E-state index >= 15 is 0 Å². The van der Waals surface area contributed by atoms with Gasteiger partial charge in [-0.15, -0.1) is 11.8 Å². The maximum Gasteiger partial charge on any atom is 0.353 e. The van der Waals surface area contributed by atoms with Crippen LogP contribution >= 0.6 is 11.8 Å². The number of hydrogen-bond acceptors (Lipinski definition) is 4. The lowest BCUT2D eigenvalue weighted by Gasteiger charge is -2.34. The number of amidine groups is 1. The molecule has 2 heterocycles. The third kappa shape index (κ3) is 2.10. The van der Waals surface area contributed by atoms with Gasteiger partial charge in [-0.3, -0.25) is 10.2 Å². The van der Waals surface area contributed by atoms with Crippen molar-refractivity contribution in [2.45, 2.75) is 18.9 Å². The van der Waals surface area contributed by atoms with Gasteiger partial charge in [0.05, 0.1) is 11.8 Å². The molecule has 0 saturated carbocycles. The van der Waals surface area contributed by atoms with Crippen molar-refractivity contribution in [2.75, 3.05) is 19.8 Å². The van der Waals surface area contributed by atoms with Gasteiger partial charge < -0.3 is 14.9 Å². The van der Waals surface area contributed by atoms with Crippen LogP contribution < -0.4 is 0 Å². The highest BCUT2D eigenvalue weighted by molar-refractivity contribution is 8.03. The Labute approximate surface area is 109 Å². The maximum absolute atomic E-state index is 11.4. The van der Waals surface area contributed by atoms with Gasteiger partial charge >= 0.3 is 5.97 Å². The molecule has 2 aliphatic heterocycles. The second-order valence-electron chi connectivity index (χ2n) is 4.53. The third-order valence-corrected chi connectivity index (χ3v) is 4.22. The minimum Gasteiger partial charge on any atom is -0.477 e. The standard InChI is InChI=1S/C11H15N3O3S/c1-13(2)8(12)5-18-7-3-6-4-9(15)14(6)10(7)11(16)17/h6,12H,3-5H2,1-2H3,(H,16,17)/t6-/m1/s1. The largest absolute Gasteiger partial charge is 0.477 e. The summed E-state index contributed by atoms with van der Waals surface area (Å²) in [6.07, 6.45) is 1.05. The molecule has 6 nitrogen and oxygen atoms in total. The van der Waals surface area contributed by atoms with E-state index < -0.39 is 5.97 Å². The number of carboxylic acid groups (broad SMARTS) is 1. The molecule has 2 aliphatic rings. The quantitative estimate of drug-likeness (QED) is 0.442. The fraction of sp³-hybridized carbons (Fsp3) is 0.545. The van der Waals surface area contributed by atoms with E-state index in [0.29, 0.717) is 29.3 Å². The second-order valence-corrected chi connectivity index (χ2v) is 5.60. The van der Waals surface area contributed by atoms with Crippen LogP contribution in [0.3, 0.4) is 0 Å². The summed E-state index contributed by atoms with van der Waals surface area (Å²) in [5.41, 5.74) is 0.118. The molecular weight excluding hydrogens is 254 g/mol. The molecule has 1 atom stereocenters. The molecule has 2 N–H and O–H groups in total. The summed E-state index contributed by atoms with van der Waals surface area (Å²) in [7, 11) is 3.56. The first-order valence-corrected chi connectivity index (χ1v) is 6.56.